The third-order valence-electron chi connectivity index (χ3n) is 5.07. The number of carbonyl (C=O) groups is 3. The number of aliphatic carboxylic acids is 1. The molecule has 190 valence electrons. The van der Waals surface area contributed by atoms with Crippen LogP contribution in [0.5, 0.6) is 5.75 Å². The molecule has 1 aromatic carbocycles. The van der Waals surface area contributed by atoms with Gasteiger partial charge in [0.25, 0.3) is 5.91 Å². The Morgan fingerprint density at radius 1 is 1.08 bits per heavy atom. The molecule has 3 N–H and O–H groups in total. The first-order chi connectivity index (χ1) is 16.9. The van der Waals surface area contributed by atoms with E-state index in [2.05, 4.69) is 15.6 Å². The van der Waals surface area contributed by atoms with E-state index < -0.39 is 23.6 Å². The number of Topliss-reactive ketones (excluding diaryl/α,β-unsaturated/α-hetero) is 1. The molecule has 0 atom stereocenters. The summed E-state index contributed by atoms with van der Waals surface area (Å²) in [4.78, 5) is 35.6. The largest absolute Gasteiger partial charge is 0.504 e. The van der Waals surface area contributed by atoms with Crippen LogP contribution in [-0.2, 0) is 18.0 Å². The van der Waals surface area contributed by atoms with Crippen LogP contribution in [0.3, 0.4) is 0 Å². The molecule has 0 saturated heterocycles. The van der Waals surface area contributed by atoms with Crippen LogP contribution in [0.4, 0.5) is 13.2 Å². The molecule has 0 aliphatic heterocycles. The Kier molecular flexibility index (Phi) is 7.93. The van der Waals surface area contributed by atoms with Crippen molar-refractivity contribution in [2.24, 2.45) is 12.1 Å². The number of nitrogens with one attached hydrogen (secondary N) is 1. The summed E-state index contributed by atoms with van der Waals surface area (Å²) in [6, 6.07) is 7.14. The number of nitrogens with zero attached hydrogens (tertiary/aromatic N) is 3. The molecule has 2 aromatic heterocycles. The number of aromatic nitrogens is 2. The maximum Gasteiger partial charge on any atom is 0.416 e. The predicted molar refractivity (Wildman–Crippen MR) is 125 cm³/mol. The number of hydrogen-bond acceptors (Lipinski definition) is 7. The highest BCUT2D eigenvalue weighted by Crippen LogP contribution is 2.35. The van der Waals surface area contributed by atoms with E-state index in [1.807, 2.05) is 0 Å². The van der Waals surface area contributed by atoms with Gasteiger partial charge < -0.3 is 10.2 Å². The normalized spacial score (nSPS) is 12.0. The smallest absolute Gasteiger partial charge is 0.416 e. The summed E-state index contributed by atoms with van der Waals surface area (Å²) in [6.45, 7) is 1.48. The Labute approximate surface area is 206 Å². The van der Waals surface area contributed by atoms with Gasteiger partial charge in [-0.2, -0.15) is 23.4 Å². The highest BCUT2D eigenvalue weighted by atomic mass is 32.1. The highest BCUT2D eigenvalue weighted by Gasteiger charge is 2.30. The maximum absolute atomic E-state index is 12.8. The van der Waals surface area contributed by atoms with Gasteiger partial charge in [0, 0.05) is 25.5 Å². The Bertz CT molecular complexity index is 1330. The number of hydrazone groups is 1. The van der Waals surface area contributed by atoms with Crippen LogP contribution in [0.25, 0.3) is 11.3 Å². The molecular weight excluding hydrogens is 501 g/mol. The van der Waals surface area contributed by atoms with E-state index in [1.165, 1.54) is 42.9 Å². The molecule has 0 fully saturated rings. The number of amides is 1. The monoisotopic (exact) mass is 522 g/mol. The number of rotatable bonds is 9. The summed E-state index contributed by atoms with van der Waals surface area (Å²) in [5, 5.41) is 27.4. The zero-order valence-corrected chi connectivity index (χ0v) is 19.9. The Hall–Kier alpha value is -4.00. The van der Waals surface area contributed by atoms with Gasteiger partial charge >= 0.3 is 12.1 Å². The first-order valence-corrected chi connectivity index (χ1v) is 11.3. The number of benzene rings is 1. The van der Waals surface area contributed by atoms with E-state index in [-0.39, 0.29) is 52.8 Å². The second-order valence-corrected chi connectivity index (χ2v) is 8.80. The molecule has 9 nitrogen and oxygen atoms in total. The lowest BCUT2D eigenvalue weighted by molar-refractivity contribution is -0.138. The minimum Gasteiger partial charge on any atom is -0.504 e. The topological polar surface area (TPSA) is 134 Å². The Balaban J connectivity index is 1.71. The number of ketones is 1. The highest BCUT2D eigenvalue weighted by molar-refractivity contribution is 7.16. The van der Waals surface area contributed by atoms with Crippen molar-refractivity contribution in [3.05, 3.63) is 57.4 Å². The van der Waals surface area contributed by atoms with Crippen LogP contribution in [0.2, 0.25) is 0 Å². The second kappa shape index (κ2) is 10.7. The molecule has 0 spiro atoms. The summed E-state index contributed by atoms with van der Waals surface area (Å²) >= 11 is 0.938. The SMILES string of the molecule is C/C(=N\NC(=O)c1ccc(C(=O)CCCC(=O)O)s1)c1nn(C)c(-c2ccc(C(F)(F)F)cc2)c1O. The number of thiophene rings is 1. The molecule has 0 saturated carbocycles. The van der Waals surface area contributed by atoms with Crippen molar-refractivity contribution in [1.29, 1.82) is 0 Å². The number of hydrogen-bond donors (Lipinski definition) is 3. The maximum atomic E-state index is 12.8. The molecule has 13 heteroatoms. The zero-order chi connectivity index (χ0) is 26.6. The molecule has 1 amide bonds. The quantitative estimate of drug-likeness (QED) is 0.216. The van der Waals surface area contributed by atoms with Crippen LogP contribution in [0, 0.1) is 0 Å². The lowest BCUT2D eigenvalue weighted by Gasteiger charge is -2.08. The average Bonchev–Trinajstić information content (AvgIpc) is 3.41. The van der Waals surface area contributed by atoms with Crippen molar-refractivity contribution in [3.8, 4) is 17.0 Å². The second-order valence-electron chi connectivity index (χ2n) is 7.72. The van der Waals surface area contributed by atoms with Gasteiger partial charge in [-0.1, -0.05) is 12.1 Å². The van der Waals surface area contributed by atoms with Gasteiger partial charge in [-0.15, -0.1) is 11.3 Å². The van der Waals surface area contributed by atoms with Crippen LogP contribution in [0.1, 0.15) is 56.8 Å². The summed E-state index contributed by atoms with van der Waals surface area (Å²) < 4.78 is 39.8. The molecule has 0 aliphatic rings. The van der Waals surface area contributed by atoms with E-state index in [0.29, 0.717) is 10.4 Å². The Morgan fingerprint density at radius 3 is 2.33 bits per heavy atom. The van der Waals surface area contributed by atoms with Gasteiger partial charge in [0.2, 0.25) is 0 Å². The van der Waals surface area contributed by atoms with Crippen molar-refractivity contribution >= 4 is 34.7 Å². The summed E-state index contributed by atoms with van der Waals surface area (Å²) in [6.07, 6.45) is -4.37. The lowest BCUT2D eigenvalue weighted by Crippen LogP contribution is -2.18. The first-order valence-electron chi connectivity index (χ1n) is 10.5. The summed E-state index contributed by atoms with van der Waals surface area (Å²) in [5.74, 6) is -2.19. The number of carboxylic acids is 1. The average molecular weight is 523 g/mol. The molecule has 3 rings (SSSR count). The number of aryl methyl sites for hydroxylation is 1. The predicted octanol–water partition coefficient (Wildman–Crippen LogP) is 4.46. The van der Waals surface area contributed by atoms with Crippen molar-refractivity contribution in [1.82, 2.24) is 15.2 Å². The number of alkyl halides is 3. The number of halogens is 3. The van der Waals surface area contributed by atoms with E-state index >= 15 is 0 Å². The van der Waals surface area contributed by atoms with E-state index in [9.17, 15) is 32.7 Å². The molecule has 36 heavy (non-hydrogen) atoms. The number of carboxylic acid groups (broad SMARTS) is 1. The van der Waals surface area contributed by atoms with Crippen molar-refractivity contribution in [2.45, 2.75) is 32.4 Å². The van der Waals surface area contributed by atoms with Crippen molar-refractivity contribution < 1.29 is 37.8 Å². The fraction of sp³-hybridized carbons (Fsp3) is 0.261. The lowest BCUT2D eigenvalue weighted by atomic mass is 10.1. The van der Waals surface area contributed by atoms with Crippen LogP contribution in [-0.4, -0.2) is 43.4 Å². The Morgan fingerprint density at radius 2 is 1.72 bits per heavy atom. The third-order valence-corrected chi connectivity index (χ3v) is 6.20. The van der Waals surface area contributed by atoms with Crippen LogP contribution >= 0.6 is 11.3 Å². The fourth-order valence-corrected chi connectivity index (χ4v) is 4.14. The van der Waals surface area contributed by atoms with Gasteiger partial charge in [-0.3, -0.25) is 19.1 Å². The van der Waals surface area contributed by atoms with Gasteiger partial charge in [0.15, 0.2) is 17.2 Å². The molecular formula is C23H21F3N4O5S. The minimum atomic E-state index is -4.49. The molecule has 3 aromatic rings. The molecule has 0 unspecified atom stereocenters. The molecule has 0 radical (unpaired) electrons. The van der Waals surface area contributed by atoms with Crippen LogP contribution in [0.15, 0.2) is 41.5 Å². The van der Waals surface area contributed by atoms with Crippen molar-refractivity contribution in [2.75, 3.05) is 0 Å². The minimum absolute atomic E-state index is 0.0215. The fourth-order valence-electron chi connectivity index (χ4n) is 3.27. The number of carbonyl (C=O) groups excluding carboxylic acids is 2. The van der Waals surface area contributed by atoms with E-state index in [1.54, 1.807) is 0 Å². The molecule has 2 heterocycles. The standard InChI is InChI=1S/C23H21F3N4O5S/c1-12(27-28-22(35)17-11-10-16(36-17)15(31)4-3-5-18(32)33)19-21(34)20(30(2)29-19)13-6-8-14(9-7-13)23(24,25)26/h6-11,34H,3-5H2,1-2H3,(H,28,35)(H,32,33)/b27-12+. The van der Waals surface area contributed by atoms with E-state index in [4.69, 9.17) is 5.11 Å². The van der Waals surface area contributed by atoms with Crippen molar-refractivity contribution in [3.63, 3.8) is 0 Å². The van der Waals surface area contributed by atoms with Gasteiger partial charge in [-0.25, -0.2) is 5.43 Å². The molecule has 0 aliphatic carbocycles. The third kappa shape index (κ3) is 6.16. The number of aromatic hydroxyl groups is 1. The van der Waals surface area contributed by atoms with Crippen LogP contribution < -0.4 is 5.43 Å². The first kappa shape index (κ1) is 26.6. The zero-order valence-electron chi connectivity index (χ0n) is 19.1. The molecule has 0 bridgehead atoms. The summed E-state index contributed by atoms with van der Waals surface area (Å²) in [5.41, 5.74) is 2.12. The van der Waals surface area contributed by atoms with E-state index in [0.717, 1.165) is 23.5 Å². The summed E-state index contributed by atoms with van der Waals surface area (Å²) in [7, 11) is 1.50. The van der Waals surface area contributed by atoms with Gasteiger partial charge in [0.1, 0.15) is 5.69 Å². The van der Waals surface area contributed by atoms with Gasteiger partial charge in [-0.05, 0) is 37.6 Å². The van der Waals surface area contributed by atoms with Gasteiger partial charge in [0.05, 0.1) is 21.0 Å².